The monoisotopic (exact) mass is 365 g/mol. The predicted molar refractivity (Wildman–Crippen MR) is 101 cm³/mol. The number of nitrogens with zero attached hydrogens (tertiary/aromatic N) is 4. The summed E-state index contributed by atoms with van der Waals surface area (Å²) in [7, 11) is 1.74. The number of nitrogens with one attached hydrogen (secondary N) is 1. The molecule has 1 N–H and O–H groups in total. The van der Waals surface area contributed by atoms with Crippen LogP contribution in [-0.2, 0) is 6.42 Å². The van der Waals surface area contributed by atoms with Crippen LogP contribution in [0.1, 0.15) is 21.9 Å². The number of carbonyl (C=O) groups is 1. The Hall–Kier alpha value is -3.35. The lowest BCUT2D eigenvalue weighted by molar-refractivity contribution is 0.0790. The first-order chi connectivity index (χ1) is 13.0. The zero-order chi connectivity index (χ0) is 19.2. The van der Waals surface area contributed by atoms with Crippen molar-refractivity contribution in [3.8, 4) is 0 Å². The molecule has 0 fully saturated rings. The molecule has 1 aromatic carbocycles. The molecule has 0 aliphatic rings. The van der Waals surface area contributed by atoms with Crippen LogP contribution in [0.2, 0.25) is 0 Å². The van der Waals surface area contributed by atoms with Gasteiger partial charge in [-0.2, -0.15) is 0 Å². The van der Waals surface area contributed by atoms with Crippen molar-refractivity contribution in [3.63, 3.8) is 0 Å². The van der Waals surface area contributed by atoms with Gasteiger partial charge in [0.25, 0.3) is 5.91 Å². The molecule has 7 heteroatoms. The van der Waals surface area contributed by atoms with Gasteiger partial charge in [0.05, 0.1) is 0 Å². The fourth-order valence-corrected chi connectivity index (χ4v) is 2.60. The number of amides is 1. The zero-order valence-electron chi connectivity index (χ0n) is 15.2. The molecule has 0 spiro atoms. The van der Waals surface area contributed by atoms with Crippen molar-refractivity contribution in [2.75, 3.05) is 18.9 Å². The largest absolute Gasteiger partial charge is 0.340 e. The number of carbonyl (C=O) groups excluding carboxylic acids is 1. The number of aryl methyl sites for hydroxylation is 1. The van der Waals surface area contributed by atoms with Gasteiger partial charge in [-0.1, -0.05) is 6.07 Å². The van der Waals surface area contributed by atoms with Crippen molar-refractivity contribution in [2.45, 2.75) is 13.3 Å². The Morgan fingerprint density at radius 1 is 1.15 bits per heavy atom. The number of likely N-dealkylation sites (N-methyl/N-ethyl adjacent to an activating group) is 1. The lowest BCUT2D eigenvalue weighted by atomic mass is 10.2. The van der Waals surface area contributed by atoms with Crippen molar-refractivity contribution in [3.05, 3.63) is 77.8 Å². The molecule has 3 rings (SSSR count). The summed E-state index contributed by atoms with van der Waals surface area (Å²) < 4.78 is 13.3. The fraction of sp³-hybridized carbons (Fsp3) is 0.200. The average Bonchev–Trinajstić information content (AvgIpc) is 2.66. The number of aromatic nitrogens is 3. The van der Waals surface area contributed by atoms with Gasteiger partial charge < -0.3 is 10.2 Å². The normalized spacial score (nSPS) is 10.5. The van der Waals surface area contributed by atoms with Crippen LogP contribution in [0.5, 0.6) is 0 Å². The van der Waals surface area contributed by atoms with Crippen molar-refractivity contribution in [1.82, 2.24) is 19.9 Å². The summed E-state index contributed by atoms with van der Waals surface area (Å²) in [4.78, 5) is 26.8. The topological polar surface area (TPSA) is 71.0 Å². The van der Waals surface area contributed by atoms with Gasteiger partial charge in [0, 0.05) is 37.7 Å². The van der Waals surface area contributed by atoms with E-state index in [9.17, 15) is 9.18 Å². The fourth-order valence-electron chi connectivity index (χ4n) is 2.60. The molecule has 0 saturated carbocycles. The maximum atomic E-state index is 13.3. The summed E-state index contributed by atoms with van der Waals surface area (Å²) in [5.74, 6) is 0.357. The second-order valence-corrected chi connectivity index (χ2v) is 6.15. The number of anilines is 2. The van der Waals surface area contributed by atoms with E-state index in [0.29, 0.717) is 29.6 Å². The van der Waals surface area contributed by atoms with Gasteiger partial charge in [-0.05, 0) is 49.2 Å². The lowest BCUT2D eigenvalue weighted by Gasteiger charge is -2.17. The zero-order valence-corrected chi connectivity index (χ0v) is 15.2. The molecule has 0 radical (unpaired) electrons. The molecule has 138 valence electrons. The minimum atomic E-state index is -0.349. The predicted octanol–water partition coefficient (Wildman–Crippen LogP) is 3.38. The van der Waals surface area contributed by atoms with Crippen LogP contribution in [-0.4, -0.2) is 39.4 Å². The van der Waals surface area contributed by atoms with Gasteiger partial charge >= 0.3 is 0 Å². The lowest BCUT2D eigenvalue weighted by Crippen LogP contribution is -2.30. The van der Waals surface area contributed by atoms with Crippen LogP contribution in [0.4, 0.5) is 15.9 Å². The summed E-state index contributed by atoms with van der Waals surface area (Å²) in [6.07, 6.45) is 4.19. The van der Waals surface area contributed by atoms with Crippen LogP contribution in [0.3, 0.4) is 0 Å². The van der Waals surface area contributed by atoms with E-state index in [1.165, 1.54) is 12.1 Å². The number of halogens is 1. The Balaban J connectivity index is 1.71. The van der Waals surface area contributed by atoms with E-state index in [1.807, 2.05) is 12.1 Å². The Bertz CT molecular complexity index is 933. The van der Waals surface area contributed by atoms with Crippen LogP contribution >= 0.6 is 0 Å². The van der Waals surface area contributed by atoms with Crippen molar-refractivity contribution < 1.29 is 9.18 Å². The standard InChI is InChI=1S/C20H20FN5O/c1-14-23-18(13-19(24-14)25-17-5-3-4-16(21)12-17)20(27)26(2)11-8-15-6-9-22-10-7-15/h3-7,9-10,12-13H,8,11H2,1-2H3,(H,23,24,25). The second-order valence-electron chi connectivity index (χ2n) is 6.15. The number of rotatable bonds is 6. The van der Waals surface area contributed by atoms with Crippen LogP contribution in [0.15, 0.2) is 54.9 Å². The Labute approximate surface area is 157 Å². The van der Waals surface area contributed by atoms with E-state index in [2.05, 4.69) is 20.3 Å². The van der Waals surface area contributed by atoms with Crippen LogP contribution in [0.25, 0.3) is 0 Å². The molecular weight excluding hydrogens is 345 g/mol. The average molecular weight is 365 g/mol. The number of hydrogen-bond acceptors (Lipinski definition) is 5. The molecule has 2 aromatic heterocycles. The maximum absolute atomic E-state index is 13.3. The van der Waals surface area contributed by atoms with Crippen LogP contribution in [0, 0.1) is 12.7 Å². The highest BCUT2D eigenvalue weighted by Gasteiger charge is 2.15. The van der Waals surface area contributed by atoms with E-state index in [0.717, 1.165) is 12.0 Å². The summed E-state index contributed by atoms with van der Waals surface area (Å²) in [6, 6.07) is 11.5. The Morgan fingerprint density at radius 2 is 1.93 bits per heavy atom. The highest BCUT2D eigenvalue weighted by Crippen LogP contribution is 2.17. The summed E-state index contributed by atoms with van der Waals surface area (Å²) in [6.45, 7) is 2.27. The molecule has 3 aromatic rings. The van der Waals surface area contributed by atoms with E-state index in [1.54, 1.807) is 49.5 Å². The Kier molecular flexibility index (Phi) is 5.71. The third kappa shape index (κ3) is 5.07. The molecular formula is C20H20FN5O. The van der Waals surface area contributed by atoms with E-state index >= 15 is 0 Å². The quantitative estimate of drug-likeness (QED) is 0.725. The minimum absolute atomic E-state index is 0.197. The molecule has 0 atom stereocenters. The molecule has 0 aliphatic heterocycles. The SMILES string of the molecule is Cc1nc(Nc2cccc(F)c2)cc(C(=O)N(C)CCc2ccncc2)n1. The molecule has 0 aliphatic carbocycles. The van der Waals surface area contributed by atoms with Gasteiger partial charge in [-0.25, -0.2) is 14.4 Å². The number of hydrogen-bond donors (Lipinski definition) is 1. The summed E-state index contributed by atoms with van der Waals surface area (Å²) in [5, 5.41) is 3.01. The van der Waals surface area contributed by atoms with Gasteiger partial charge in [0.2, 0.25) is 0 Å². The summed E-state index contributed by atoms with van der Waals surface area (Å²) in [5.41, 5.74) is 1.95. The smallest absolute Gasteiger partial charge is 0.272 e. The first kappa shape index (κ1) is 18.4. The first-order valence-corrected chi connectivity index (χ1v) is 8.54. The van der Waals surface area contributed by atoms with E-state index < -0.39 is 0 Å². The van der Waals surface area contributed by atoms with Gasteiger partial charge in [0.1, 0.15) is 23.2 Å². The summed E-state index contributed by atoms with van der Waals surface area (Å²) >= 11 is 0. The molecule has 0 saturated heterocycles. The van der Waals surface area contributed by atoms with Crippen molar-refractivity contribution >= 4 is 17.4 Å². The van der Waals surface area contributed by atoms with Gasteiger partial charge in [-0.3, -0.25) is 9.78 Å². The third-order valence-corrected chi connectivity index (χ3v) is 3.99. The van der Waals surface area contributed by atoms with E-state index in [-0.39, 0.29) is 11.7 Å². The molecule has 6 nitrogen and oxygen atoms in total. The molecule has 1 amide bonds. The Morgan fingerprint density at radius 3 is 2.67 bits per heavy atom. The van der Waals surface area contributed by atoms with Gasteiger partial charge in [-0.15, -0.1) is 0 Å². The highest BCUT2D eigenvalue weighted by molar-refractivity contribution is 5.93. The third-order valence-electron chi connectivity index (χ3n) is 3.99. The minimum Gasteiger partial charge on any atom is -0.340 e. The molecule has 0 bridgehead atoms. The highest BCUT2D eigenvalue weighted by atomic mass is 19.1. The maximum Gasteiger partial charge on any atom is 0.272 e. The molecule has 0 unspecified atom stereocenters. The molecule has 27 heavy (non-hydrogen) atoms. The van der Waals surface area contributed by atoms with Gasteiger partial charge in [0.15, 0.2) is 0 Å². The number of benzene rings is 1. The first-order valence-electron chi connectivity index (χ1n) is 8.54. The number of pyridine rings is 1. The van der Waals surface area contributed by atoms with Crippen molar-refractivity contribution in [1.29, 1.82) is 0 Å². The molecule has 2 heterocycles. The second kappa shape index (κ2) is 8.35. The van der Waals surface area contributed by atoms with E-state index in [4.69, 9.17) is 0 Å². The van der Waals surface area contributed by atoms with Crippen molar-refractivity contribution in [2.24, 2.45) is 0 Å². The van der Waals surface area contributed by atoms with Crippen LogP contribution < -0.4 is 5.32 Å².